The minimum atomic E-state index is 0.390. The average Bonchev–Trinajstić information content (AvgIpc) is 3.31. The van der Waals surface area contributed by atoms with E-state index in [1.54, 1.807) is 5.56 Å². The molecule has 0 unspecified atom stereocenters. The number of aromatic nitrogens is 2. The van der Waals surface area contributed by atoms with Gasteiger partial charge >= 0.3 is 0 Å². The Balaban J connectivity index is 1.31. The molecule has 1 saturated carbocycles. The quantitative estimate of drug-likeness (QED) is 0.897. The van der Waals surface area contributed by atoms with Crippen molar-refractivity contribution in [3.05, 3.63) is 53.6 Å². The van der Waals surface area contributed by atoms with Crippen molar-refractivity contribution in [3.8, 4) is 0 Å². The van der Waals surface area contributed by atoms with Crippen LogP contribution < -0.4 is 5.32 Å². The lowest BCUT2D eigenvalue weighted by Gasteiger charge is -2.40. The van der Waals surface area contributed by atoms with Crippen molar-refractivity contribution in [1.82, 2.24) is 19.8 Å². The van der Waals surface area contributed by atoms with Gasteiger partial charge in [0.2, 0.25) is 0 Å². The van der Waals surface area contributed by atoms with Gasteiger partial charge in [-0.05, 0) is 67.7 Å². The minimum absolute atomic E-state index is 0.390. The molecule has 2 fully saturated rings. The number of imidazole rings is 1. The van der Waals surface area contributed by atoms with Crippen LogP contribution >= 0.6 is 0 Å². The highest BCUT2D eigenvalue weighted by atomic mass is 15.1. The molecule has 1 spiro atoms. The monoisotopic (exact) mass is 350 g/mol. The van der Waals surface area contributed by atoms with E-state index in [9.17, 15) is 0 Å². The number of piperidine rings is 1. The molecule has 1 aromatic heterocycles. The number of likely N-dealkylation sites (tertiary alicyclic amines) is 1. The van der Waals surface area contributed by atoms with Gasteiger partial charge in [-0.15, -0.1) is 0 Å². The SMILES string of the molecule is Cn1cncc1CN[C@H]1CC2(CCN(CC3CC3)CC2)c2ccccc21. The van der Waals surface area contributed by atoms with E-state index in [4.69, 9.17) is 0 Å². The molecule has 4 nitrogen and oxygen atoms in total. The van der Waals surface area contributed by atoms with E-state index >= 15 is 0 Å². The summed E-state index contributed by atoms with van der Waals surface area (Å²) in [7, 11) is 2.07. The third-order valence-corrected chi connectivity index (χ3v) is 6.97. The van der Waals surface area contributed by atoms with E-state index in [0.717, 1.165) is 12.5 Å². The van der Waals surface area contributed by atoms with E-state index in [0.29, 0.717) is 11.5 Å². The summed E-state index contributed by atoms with van der Waals surface area (Å²) < 4.78 is 2.11. The van der Waals surface area contributed by atoms with Crippen molar-refractivity contribution in [2.45, 2.75) is 50.1 Å². The summed E-state index contributed by atoms with van der Waals surface area (Å²) in [5.74, 6) is 1.01. The van der Waals surface area contributed by atoms with Crippen molar-refractivity contribution in [1.29, 1.82) is 0 Å². The van der Waals surface area contributed by atoms with Gasteiger partial charge in [-0.2, -0.15) is 0 Å². The number of nitrogens with zero attached hydrogens (tertiary/aromatic N) is 3. The van der Waals surface area contributed by atoms with Gasteiger partial charge in [0.05, 0.1) is 12.0 Å². The molecular weight excluding hydrogens is 320 g/mol. The molecule has 26 heavy (non-hydrogen) atoms. The molecule has 5 rings (SSSR count). The zero-order valence-electron chi connectivity index (χ0n) is 15.8. The molecular formula is C22H30N4. The third kappa shape index (κ3) is 2.99. The lowest BCUT2D eigenvalue weighted by molar-refractivity contribution is 0.147. The number of hydrogen-bond donors (Lipinski definition) is 1. The Hall–Kier alpha value is -1.65. The molecule has 1 atom stereocenters. The molecule has 2 heterocycles. The summed E-state index contributed by atoms with van der Waals surface area (Å²) in [6.07, 6.45) is 10.7. The van der Waals surface area contributed by atoms with Gasteiger partial charge in [0, 0.05) is 32.4 Å². The first kappa shape index (κ1) is 16.5. The second-order valence-electron chi connectivity index (χ2n) is 8.75. The summed E-state index contributed by atoms with van der Waals surface area (Å²) in [6, 6.07) is 9.66. The van der Waals surface area contributed by atoms with Crippen LogP contribution in [0.2, 0.25) is 0 Å². The van der Waals surface area contributed by atoms with Crippen molar-refractivity contribution >= 4 is 0 Å². The predicted molar refractivity (Wildman–Crippen MR) is 104 cm³/mol. The first-order valence-electron chi connectivity index (χ1n) is 10.2. The molecule has 2 aliphatic carbocycles. The fraction of sp³-hybridized carbons (Fsp3) is 0.591. The van der Waals surface area contributed by atoms with E-state index < -0.39 is 0 Å². The Morgan fingerprint density at radius 2 is 2.00 bits per heavy atom. The van der Waals surface area contributed by atoms with Gasteiger partial charge in [-0.1, -0.05) is 24.3 Å². The van der Waals surface area contributed by atoms with Crippen LogP contribution in [0, 0.1) is 5.92 Å². The Kier molecular flexibility index (Phi) is 4.13. The van der Waals surface area contributed by atoms with Crippen LogP contribution in [0.4, 0.5) is 0 Å². The lowest BCUT2D eigenvalue weighted by atomic mass is 9.73. The topological polar surface area (TPSA) is 33.1 Å². The standard InChI is InChI=1S/C22H30N4/c1-25-16-23-13-18(25)14-24-21-12-22(20-5-3-2-4-19(20)21)8-10-26(11-9-22)15-17-6-7-17/h2-5,13,16-17,21,24H,6-12,14-15H2,1H3/t21-/m0/s1. The van der Waals surface area contributed by atoms with E-state index in [-0.39, 0.29) is 0 Å². The van der Waals surface area contributed by atoms with E-state index in [1.807, 2.05) is 12.5 Å². The van der Waals surface area contributed by atoms with E-state index in [2.05, 4.69) is 51.1 Å². The van der Waals surface area contributed by atoms with Crippen molar-refractivity contribution < 1.29 is 0 Å². The maximum Gasteiger partial charge on any atom is 0.0945 e. The molecule has 3 aliphatic rings. The molecule has 1 saturated heterocycles. The molecule has 0 amide bonds. The van der Waals surface area contributed by atoms with Crippen molar-refractivity contribution in [2.24, 2.45) is 13.0 Å². The molecule has 1 N–H and O–H groups in total. The van der Waals surface area contributed by atoms with Crippen LogP contribution in [0.3, 0.4) is 0 Å². The number of aryl methyl sites for hydroxylation is 1. The second kappa shape index (κ2) is 6.50. The predicted octanol–water partition coefficient (Wildman–Crippen LogP) is 3.40. The first-order valence-corrected chi connectivity index (χ1v) is 10.2. The van der Waals surface area contributed by atoms with Gasteiger partial charge < -0.3 is 14.8 Å². The van der Waals surface area contributed by atoms with Crippen molar-refractivity contribution in [3.63, 3.8) is 0 Å². The fourth-order valence-corrected chi connectivity index (χ4v) is 5.16. The number of rotatable bonds is 5. The molecule has 4 heteroatoms. The minimum Gasteiger partial charge on any atom is -0.337 e. The summed E-state index contributed by atoms with van der Waals surface area (Å²) in [6.45, 7) is 4.79. The highest BCUT2D eigenvalue weighted by Gasteiger charge is 2.45. The van der Waals surface area contributed by atoms with Gasteiger partial charge in [0.1, 0.15) is 0 Å². The number of nitrogens with one attached hydrogen (secondary N) is 1. The molecule has 1 aliphatic heterocycles. The molecule has 2 aromatic rings. The fourth-order valence-electron chi connectivity index (χ4n) is 5.16. The second-order valence-corrected chi connectivity index (χ2v) is 8.75. The lowest BCUT2D eigenvalue weighted by Crippen LogP contribution is -2.42. The maximum atomic E-state index is 4.25. The van der Waals surface area contributed by atoms with Crippen LogP contribution in [0.5, 0.6) is 0 Å². The molecule has 0 bridgehead atoms. The van der Waals surface area contributed by atoms with Gasteiger partial charge in [-0.25, -0.2) is 4.98 Å². The van der Waals surface area contributed by atoms with Gasteiger partial charge in [-0.3, -0.25) is 0 Å². The number of fused-ring (bicyclic) bond motifs is 2. The third-order valence-electron chi connectivity index (χ3n) is 6.97. The maximum absolute atomic E-state index is 4.25. The largest absolute Gasteiger partial charge is 0.337 e. The summed E-state index contributed by atoms with van der Waals surface area (Å²) in [4.78, 5) is 6.97. The number of benzene rings is 1. The molecule has 1 aromatic carbocycles. The number of hydrogen-bond acceptors (Lipinski definition) is 3. The normalized spacial score (nSPS) is 24.9. The molecule has 0 radical (unpaired) electrons. The summed E-state index contributed by atoms with van der Waals surface area (Å²) >= 11 is 0. The smallest absolute Gasteiger partial charge is 0.0945 e. The Bertz CT molecular complexity index is 768. The van der Waals surface area contributed by atoms with Crippen LogP contribution in [-0.2, 0) is 19.0 Å². The zero-order valence-corrected chi connectivity index (χ0v) is 15.8. The van der Waals surface area contributed by atoms with Crippen LogP contribution in [0.1, 0.15) is 55.0 Å². The average molecular weight is 351 g/mol. The van der Waals surface area contributed by atoms with Crippen molar-refractivity contribution in [2.75, 3.05) is 19.6 Å². The highest BCUT2D eigenvalue weighted by Crippen LogP contribution is 2.51. The first-order chi connectivity index (χ1) is 12.7. The molecule has 138 valence electrons. The van der Waals surface area contributed by atoms with Crippen LogP contribution in [-0.4, -0.2) is 34.1 Å². The zero-order chi connectivity index (χ0) is 17.6. The Morgan fingerprint density at radius 1 is 1.19 bits per heavy atom. The Morgan fingerprint density at radius 3 is 2.73 bits per heavy atom. The van der Waals surface area contributed by atoms with E-state index in [1.165, 1.54) is 63.0 Å². The highest BCUT2D eigenvalue weighted by molar-refractivity contribution is 5.42. The van der Waals surface area contributed by atoms with Gasteiger partial charge in [0.15, 0.2) is 0 Å². The summed E-state index contributed by atoms with van der Waals surface area (Å²) in [5.41, 5.74) is 4.79. The van der Waals surface area contributed by atoms with Gasteiger partial charge in [0.25, 0.3) is 0 Å². The Labute approximate surface area is 156 Å². The summed E-state index contributed by atoms with van der Waals surface area (Å²) in [5, 5.41) is 3.83. The van der Waals surface area contributed by atoms with Crippen LogP contribution in [0.25, 0.3) is 0 Å². The van der Waals surface area contributed by atoms with Crippen LogP contribution in [0.15, 0.2) is 36.8 Å².